The van der Waals surface area contributed by atoms with Crippen molar-refractivity contribution in [1.82, 2.24) is 15.5 Å². The van der Waals surface area contributed by atoms with E-state index < -0.39 is 0 Å². The molecule has 1 N–H and O–H groups in total. The molecule has 78 valence electrons. The van der Waals surface area contributed by atoms with E-state index in [0.29, 0.717) is 11.9 Å². The fraction of sp³-hybridized carbons (Fsp3) is 0.556. The molecule has 0 bridgehead atoms. The Kier molecular flexibility index (Phi) is 4.10. The molecule has 0 aromatic carbocycles. The second-order valence-electron chi connectivity index (χ2n) is 3.22. The Bertz CT molecular complexity index is 274. The first-order valence-electron chi connectivity index (χ1n) is 4.48. The van der Waals surface area contributed by atoms with E-state index in [9.17, 15) is 0 Å². The van der Waals surface area contributed by atoms with Gasteiger partial charge in [-0.2, -0.15) is 5.10 Å². The summed E-state index contributed by atoms with van der Waals surface area (Å²) in [6.45, 7) is 0.807. The summed E-state index contributed by atoms with van der Waals surface area (Å²) in [6.07, 6.45) is 2.59. The van der Waals surface area contributed by atoms with Gasteiger partial charge in [0.15, 0.2) is 0 Å². The van der Waals surface area contributed by atoms with Crippen LogP contribution in [0, 0.1) is 0 Å². The molecule has 4 nitrogen and oxygen atoms in total. The highest BCUT2D eigenvalue weighted by Gasteiger charge is 2.20. The second kappa shape index (κ2) is 5.12. The van der Waals surface area contributed by atoms with Gasteiger partial charge in [-0.15, -0.1) is 17.5 Å². The number of ether oxygens (including phenoxy) is 1. The van der Waals surface area contributed by atoms with Gasteiger partial charge in [-0.1, -0.05) is 0 Å². The molecule has 2 rings (SSSR count). The molecule has 0 aliphatic heterocycles. The molecule has 1 aliphatic rings. The van der Waals surface area contributed by atoms with Crippen molar-refractivity contribution in [3.8, 4) is 5.88 Å². The number of aromatic nitrogens is 2. The van der Waals surface area contributed by atoms with E-state index in [1.807, 2.05) is 12.1 Å². The van der Waals surface area contributed by atoms with Gasteiger partial charge in [-0.05, 0) is 18.9 Å². The van der Waals surface area contributed by atoms with Crippen LogP contribution in [0.15, 0.2) is 12.1 Å². The topological polar surface area (TPSA) is 47.0 Å². The molecule has 1 heterocycles. The Morgan fingerprint density at radius 3 is 2.71 bits per heavy atom. The van der Waals surface area contributed by atoms with Gasteiger partial charge in [0.05, 0.1) is 12.8 Å². The van der Waals surface area contributed by atoms with Crippen LogP contribution in [0.5, 0.6) is 5.88 Å². The van der Waals surface area contributed by atoms with Crippen LogP contribution >= 0.6 is 12.4 Å². The zero-order valence-electron chi connectivity index (χ0n) is 8.06. The van der Waals surface area contributed by atoms with Crippen LogP contribution in [0.2, 0.25) is 0 Å². The zero-order chi connectivity index (χ0) is 9.10. The molecule has 1 aliphatic carbocycles. The van der Waals surface area contributed by atoms with Crippen molar-refractivity contribution in [2.75, 3.05) is 7.11 Å². The molecule has 0 atom stereocenters. The lowest BCUT2D eigenvalue weighted by Crippen LogP contribution is -2.16. The molecular formula is C9H14ClN3O. The van der Waals surface area contributed by atoms with Crippen LogP contribution in [0.1, 0.15) is 18.5 Å². The first-order chi connectivity index (χ1) is 6.38. The van der Waals surface area contributed by atoms with Crippen molar-refractivity contribution in [3.63, 3.8) is 0 Å². The fourth-order valence-corrected chi connectivity index (χ4v) is 1.09. The number of nitrogens with zero attached hydrogens (tertiary/aromatic N) is 2. The third-order valence-electron chi connectivity index (χ3n) is 2.05. The Morgan fingerprint density at radius 2 is 2.21 bits per heavy atom. The van der Waals surface area contributed by atoms with E-state index in [0.717, 1.165) is 12.2 Å². The van der Waals surface area contributed by atoms with Crippen LogP contribution in [0.25, 0.3) is 0 Å². The Hall–Kier alpha value is -0.870. The highest BCUT2D eigenvalue weighted by Crippen LogP contribution is 2.18. The molecule has 1 aromatic heterocycles. The molecular weight excluding hydrogens is 202 g/mol. The Morgan fingerprint density at radius 1 is 1.43 bits per heavy atom. The molecule has 0 radical (unpaired) electrons. The van der Waals surface area contributed by atoms with Gasteiger partial charge in [0.2, 0.25) is 5.88 Å². The first kappa shape index (κ1) is 11.2. The summed E-state index contributed by atoms with van der Waals surface area (Å²) >= 11 is 0. The SMILES string of the molecule is COc1ccc(CNC2CC2)nn1.Cl. The third kappa shape index (κ3) is 3.12. The van der Waals surface area contributed by atoms with Crippen molar-refractivity contribution in [2.45, 2.75) is 25.4 Å². The van der Waals surface area contributed by atoms with E-state index in [-0.39, 0.29) is 12.4 Å². The van der Waals surface area contributed by atoms with E-state index in [1.165, 1.54) is 12.8 Å². The summed E-state index contributed by atoms with van der Waals surface area (Å²) in [5, 5.41) is 11.3. The van der Waals surface area contributed by atoms with Crippen LogP contribution in [-0.4, -0.2) is 23.3 Å². The monoisotopic (exact) mass is 215 g/mol. The number of halogens is 1. The number of rotatable bonds is 4. The maximum atomic E-state index is 4.91. The Balaban J connectivity index is 0.000000980. The molecule has 1 aromatic rings. The minimum Gasteiger partial charge on any atom is -0.480 e. The fourth-order valence-electron chi connectivity index (χ4n) is 1.09. The van der Waals surface area contributed by atoms with E-state index >= 15 is 0 Å². The maximum Gasteiger partial charge on any atom is 0.233 e. The van der Waals surface area contributed by atoms with E-state index in [1.54, 1.807) is 7.11 Å². The largest absolute Gasteiger partial charge is 0.480 e. The summed E-state index contributed by atoms with van der Waals surface area (Å²) in [5.74, 6) is 0.565. The van der Waals surface area contributed by atoms with E-state index in [2.05, 4.69) is 15.5 Å². The summed E-state index contributed by atoms with van der Waals surface area (Å²) in [4.78, 5) is 0. The smallest absolute Gasteiger partial charge is 0.233 e. The molecule has 1 saturated carbocycles. The highest BCUT2D eigenvalue weighted by molar-refractivity contribution is 5.85. The molecule has 0 unspecified atom stereocenters. The Labute approximate surface area is 89.5 Å². The van der Waals surface area contributed by atoms with Gasteiger partial charge in [0, 0.05) is 18.7 Å². The van der Waals surface area contributed by atoms with Crippen molar-refractivity contribution < 1.29 is 4.74 Å². The van der Waals surface area contributed by atoms with Crippen molar-refractivity contribution >= 4 is 12.4 Å². The minimum atomic E-state index is 0. The standard InChI is InChI=1S/C9H13N3O.ClH/c1-13-9-5-4-8(11-12-9)6-10-7-2-3-7;/h4-5,7,10H,2-3,6H2,1H3;1H. The number of hydrogen-bond acceptors (Lipinski definition) is 4. The molecule has 0 amide bonds. The lowest BCUT2D eigenvalue weighted by Gasteiger charge is -2.01. The predicted octanol–water partition coefficient (Wildman–Crippen LogP) is 1.16. The van der Waals surface area contributed by atoms with Gasteiger partial charge in [-0.25, -0.2) is 0 Å². The average molecular weight is 216 g/mol. The van der Waals surface area contributed by atoms with Gasteiger partial charge in [-0.3, -0.25) is 0 Å². The van der Waals surface area contributed by atoms with Crippen molar-refractivity contribution in [3.05, 3.63) is 17.8 Å². The predicted molar refractivity (Wildman–Crippen MR) is 55.7 cm³/mol. The molecule has 0 spiro atoms. The number of nitrogens with one attached hydrogen (secondary N) is 1. The van der Waals surface area contributed by atoms with Gasteiger partial charge >= 0.3 is 0 Å². The minimum absolute atomic E-state index is 0. The quantitative estimate of drug-likeness (QED) is 0.819. The average Bonchev–Trinajstić information content (AvgIpc) is 2.99. The first-order valence-corrected chi connectivity index (χ1v) is 4.48. The summed E-state index contributed by atoms with van der Waals surface area (Å²) < 4.78 is 4.91. The van der Waals surface area contributed by atoms with Gasteiger partial charge in [0.25, 0.3) is 0 Å². The lowest BCUT2D eigenvalue weighted by molar-refractivity contribution is 0.390. The van der Waals surface area contributed by atoms with Crippen molar-refractivity contribution in [1.29, 1.82) is 0 Å². The third-order valence-corrected chi connectivity index (χ3v) is 2.05. The number of hydrogen-bond donors (Lipinski definition) is 1. The number of methoxy groups -OCH3 is 1. The lowest BCUT2D eigenvalue weighted by atomic mass is 10.4. The molecule has 1 fully saturated rings. The molecule has 5 heteroatoms. The van der Waals surface area contributed by atoms with Gasteiger partial charge in [0.1, 0.15) is 0 Å². The van der Waals surface area contributed by atoms with Gasteiger partial charge < -0.3 is 10.1 Å². The molecule has 14 heavy (non-hydrogen) atoms. The van der Waals surface area contributed by atoms with E-state index in [4.69, 9.17) is 4.74 Å². The highest BCUT2D eigenvalue weighted by atomic mass is 35.5. The maximum absolute atomic E-state index is 4.91. The van der Waals surface area contributed by atoms with Crippen molar-refractivity contribution in [2.24, 2.45) is 0 Å². The van der Waals surface area contributed by atoms with Crippen LogP contribution in [-0.2, 0) is 6.54 Å². The summed E-state index contributed by atoms with van der Waals surface area (Å²) in [5.41, 5.74) is 0.965. The van der Waals surface area contributed by atoms with Crippen LogP contribution in [0.3, 0.4) is 0 Å². The summed E-state index contributed by atoms with van der Waals surface area (Å²) in [6, 6.07) is 4.47. The molecule has 0 saturated heterocycles. The van der Waals surface area contributed by atoms with Crippen LogP contribution in [0.4, 0.5) is 0 Å². The zero-order valence-corrected chi connectivity index (χ0v) is 8.88. The van der Waals surface area contributed by atoms with Crippen LogP contribution < -0.4 is 10.1 Å². The normalized spacial score (nSPS) is 14.6. The second-order valence-corrected chi connectivity index (χ2v) is 3.22. The summed E-state index contributed by atoms with van der Waals surface area (Å²) in [7, 11) is 1.59.